The second-order valence-electron chi connectivity index (χ2n) is 8.97. The van der Waals surface area contributed by atoms with E-state index in [9.17, 15) is 19.8 Å². The van der Waals surface area contributed by atoms with E-state index in [0.29, 0.717) is 22.3 Å². The lowest BCUT2D eigenvalue weighted by Crippen LogP contribution is -2.62. The summed E-state index contributed by atoms with van der Waals surface area (Å²) in [6.07, 6.45) is -6.30. The molecule has 2 fully saturated rings. The summed E-state index contributed by atoms with van der Waals surface area (Å²) < 4.78 is 23.4. The number of aliphatic hydroxyl groups excluding tert-OH is 2. The summed E-state index contributed by atoms with van der Waals surface area (Å²) in [5.74, 6) is -1.10. The van der Waals surface area contributed by atoms with Crippen molar-refractivity contribution in [1.82, 2.24) is 0 Å². The van der Waals surface area contributed by atoms with Crippen LogP contribution in [0.15, 0.2) is 22.3 Å². The Hall–Kier alpha value is -1.42. The largest absolute Gasteiger partial charge is 0.386 e. The highest BCUT2D eigenvalue weighted by Crippen LogP contribution is 2.57. The van der Waals surface area contributed by atoms with Gasteiger partial charge in [0.1, 0.15) is 48.8 Å². The molecule has 4 aliphatic heterocycles. The van der Waals surface area contributed by atoms with Crippen LogP contribution in [0.5, 0.6) is 0 Å². The molecule has 0 amide bonds. The summed E-state index contributed by atoms with van der Waals surface area (Å²) in [5, 5.41) is 21.8. The molecular formula is C20H20O8. The van der Waals surface area contributed by atoms with Gasteiger partial charge in [-0.3, -0.25) is 9.59 Å². The molecule has 0 aromatic heterocycles. The van der Waals surface area contributed by atoms with Crippen molar-refractivity contribution in [1.29, 1.82) is 0 Å². The van der Waals surface area contributed by atoms with Gasteiger partial charge < -0.3 is 29.2 Å². The minimum absolute atomic E-state index is 0.110. The number of Topliss-reactive ketones (excluding diaryl/α,β-unsaturated/α-hetero) is 2. The summed E-state index contributed by atoms with van der Waals surface area (Å²) in [4.78, 5) is 26.3. The second-order valence-corrected chi connectivity index (χ2v) is 8.97. The number of rotatable bonds is 0. The van der Waals surface area contributed by atoms with Crippen molar-refractivity contribution in [2.75, 3.05) is 0 Å². The molecular weight excluding hydrogens is 368 g/mol. The highest BCUT2D eigenvalue weighted by Gasteiger charge is 2.68. The summed E-state index contributed by atoms with van der Waals surface area (Å²) in [6, 6.07) is 0. The average molecular weight is 388 g/mol. The topological polar surface area (TPSA) is 118 Å². The van der Waals surface area contributed by atoms with Gasteiger partial charge in [0.15, 0.2) is 11.6 Å². The lowest BCUT2D eigenvalue weighted by Gasteiger charge is -2.55. The van der Waals surface area contributed by atoms with E-state index in [0.717, 1.165) is 0 Å². The van der Waals surface area contributed by atoms with Gasteiger partial charge in [-0.25, -0.2) is 0 Å². The van der Waals surface area contributed by atoms with Crippen molar-refractivity contribution in [3.63, 3.8) is 0 Å². The molecule has 2 N–H and O–H groups in total. The predicted molar refractivity (Wildman–Crippen MR) is 89.1 cm³/mol. The van der Waals surface area contributed by atoms with Crippen LogP contribution in [0.3, 0.4) is 0 Å². The molecule has 3 aliphatic carbocycles. The third-order valence-corrected chi connectivity index (χ3v) is 7.66. The number of hydrogen-bond donors (Lipinski definition) is 2. The molecule has 7 aliphatic rings. The van der Waals surface area contributed by atoms with E-state index < -0.39 is 60.7 Å². The van der Waals surface area contributed by atoms with Crippen LogP contribution in [-0.4, -0.2) is 82.8 Å². The van der Waals surface area contributed by atoms with Gasteiger partial charge in [-0.2, -0.15) is 0 Å². The predicted octanol–water partition coefficient (Wildman–Crippen LogP) is -1.18. The van der Waals surface area contributed by atoms with E-state index in [2.05, 4.69) is 0 Å². The number of ketones is 2. The van der Waals surface area contributed by atoms with Crippen molar-refractivity contribution in [2.45, 2.75) is 74.9 Å². The van der Waals surface area contributed by atoms with Gasteiger partial charge in [-0.05, 0) is 25.0 Å². The van der Waals surface area contributed by atoms with E-state index in [1.54, 1.807) is 0 Å². The zero-order valence-corrected chi connectivity index (χ0v) is 15.3. The SMILES string of the molecule is C[C@@H]1O[C@@H]2C3=C(C(=O)[C@@H]4O[C@@H]4[C@H]3O)[C@H]1[C@@H]1C3=C([C@H]2O[C@H]1C)[C@H](O)[C@H]1O[C@H]1C3=O. The van der Waals surface area contributed by atoms with Gasteiger partial charge in [0.2, 0.25) is 0 Å². The number of hydrogen-bond acceptors (Lipinski definition) is 8. The fraction of sp³-hybridized carbons (Fsp3) is 0.700. The van der Waals surface area contributed by atoms with Crippen molar-refractivity contribution < 1.29 is 38.7 Å². The first-order valence-corrected chi connectivity index (χ1v) is 9.94. The summed E-state index contributed by atoms with van der Waals surface area (Å²) in [6.45, 7) is 3.80. The molecule has 0 aromatic carbocycles. The van der Waals surface area contributed by atoms with Crippen LogP contribution in [0, 0.1) is 11.8 Å². The fourth-order valence-corrected chi connectivity index (χ4v) is 6.43. The Kier molecular flexibility index (Phi) is 2.83. The Bertz CT molecular complexity index is 845. The van der Waals surface area contributed by atoms with Gasteiger partial charge in [-0.1, -0.05) is 0 Å². The minimum Gasteiger partial charge on any atom is -0.386 e. The highest BCUT2D eigenvalue weighted by atomic mass is 16.6. The number of ether oxygens (including phenoxy) is 4. The lowest BCUT2D eigenvalue weighted by molar-refractivity contribution is -0.177. The summed E-state index contributed by atoms with van der Waals surface area (Å²) in [7, 11) is 0. The first-order chi connectivity index (χ1) is 13.4. The van der Waals surface area contributed by atoms with Gasteiger partial charge in [0.25, 0.3) is 0 Å². The Morgan fingerprint density at radius 2 is 1.04 bits per heavy atom. The minimum atomic E-state index is -0.943. The van der Waals surface area contributed by atoms with Crippen LogP contribution in [0.2, 0.25) is 0 Å². The molecule has 2 saturated heterocycles. The Balaban J connectivity index is 1.50. The standard InChI is InChI=1S/C20H20O8/c1-3-5-6-4(2)26-16(10-8(6)12(22)18-20(28-18)14(10)24)15(25-3)9-7(5)11(21)17-19(27-17)13(9)23/h3-6,13-20,23-24H,1-2H3/t3-,4-,5+,6+,13-,14-,15+,16+,17-,18-,19+,20+/m0/s1. The molecule has 7 rings (SSSR count). The highest BCUT2D eigenvalue weighted by molar-refractivity contribution is 6.07. The molecule has 0 radical (unpaired) electrons. The maximum Gasteiger partial charge on any atom is 0.190 e. The van der Waals surface area contributed by atoms with Crippen LogP contribution < -0.4 is 0 Å². The van der Waals surface area contributed by atoms with E-state index in [-0.39, 0.29) is 23.8 Å². The van der Waals surface area contributed by atoms with Crippen LogP contribution in [0.1, 0.15) is 13.8 Å². The van der Waals surface area contributed by atoms with E-state index in [1.807, 2.05) is 13.8 Å². The van der Waals surface area contributed by atoms with Crippen LogP contribution in [0.25, 0.3) is 0 Å². The van der Waals surface area contributed by atoms with Crippen molar-refractivity contribution in [2.24, 2.45) is 11.8 Å². The van der Waals surface area contributed by atoms with Crippen molar-refractivity contribution in [3.05, 3.63) is 22.3 Å². The van der Waals surface area contributed by atoms with Crippen molar-refractivity contribution in [3.8, 4) is 0 Å². The molecule has 28 heavy (non-hydrogen) atoms. The van der Waals surface area contributed by atoms with E-state index >= 15 is 0 Å². The Morgan fingerprint density at radius 3 is 1.43 bits per heavy atom. The quantitative estimate of drug-likeness (QED) is 0.498. The molecule has 12 atom stereocenters. The molecule has 8 heteroatoms. The molecule has 0 aromatic rings. The number of epoxide rings is 2. The molecule has 4 heterocycles. The summed E-state index contributed by atoms with van der Waals surface area (Å²) >= 11 is 0. The molecule has 148 valence electrons. The fourth-order valence-electron chi connectivity index (χ4n) is 6.43. The first-order valence-electron chi connectivity index (χ1n) is 9.94. The third-order valence-electron chi connectivity index (χ3n) is 7.66. The zero-order valence-electron chi connectivity index (χ0n) is 15.3. The molecule has 4 bridgehead atoms. The summed E-state index contributed by atoms with van der Waals surface area (Å²) in [5.41, 5.74) is 2.12. The zero-order chi connectivity index (χ0) is 19.2. The van der Waals surface area contributed by atoms with Gasteiger partial charge >= 0.3 is 0 Å². The normalized spacial score (nSPS) is 58.0. The molecule has 0 unspecified atom stereocenters. The van der Waals surface area contributed by atoms with Crippen molar-refractivity contribution >= 4 is 11.6 Å². The van der Waals surface area contributed by atoms with E-state index in [1.165, 1.54) is 0 Å². The average Bonchev–Trinajstić information content (AvgIpc) is 3.53. The smallest absolute Gasteiger partial charge is 0.190 e. The Labute approximate surface area is 160 Å². The maximum atomic E-state index is 13.1. The van der Waals surface area contributed by atoms with Crippen LogP contribution in [0.4, 0.5) is 0 Å². The number of carbonyl (C=O) groups excluding carboxylic acids is 2. The molecule has 8 nitrogen and oxygen atoms in total. The van der Waals surface area contributed by atoms with Crippen LogP contribution >= 0.6 is 0 Å². The number of aliphatic hydroxyl groups is 2. The van der Waals surface area contributed by atoms with Crippen LogP contribution in [-0.2, 0) is 28.5 Å². The van der Waals surface area contributed by atoms with Gasteiger partial charge in [0, 0.05) is 23.0 Å². The monoisotopic (exact) mass is 388 g/mol. The number of fused-ring (bicyclic) bond motifs is 4. The maximum absolute atomic E-state index is 13.1. The lowest BCUT2D eigenvalue weighted by atomic mass is 9.60. The number of carbonyl (C=O) groups is 2. The molecule has 0 saturated carbocycles. The second kappa shape index (κ2) is 4.83. The van der Waals surface area contributed by atoms with Gasteiger partial charge in [0.05, 0.1) is 12.2 Å². The van der Waals surface area contributed by atoms with Gasteiger partial charge in [-0.15, -0.1) is 0 Å². The Morgan fingerprint density at radius 1 is 0.643 bits per heavy atom. The molecule has 0 spiro atoms. The third kappa shape index (κ3) is 1.67. The first kappa shape index (κ1) is 16.4. The van der Waals surface area contributed by atoms with E-state index in [4.69, 9.17) is 18.9 Å².